The Bertz CT molecular complexity index is 877. The van der Waals surface area contributed by atoms with Crippen LogP contribution in [-0.2, 0) is 4.74 Å². The largest absolute Gasteiger partial charge is 0.378 e. The van der Waals surface area contributed by atoms with Gasteiger partial charge in [0.2, 0.25) is 0 Å². The summed E-state index contributed by atoms with van der Waals surface area (Å²) < 4.78 is 5.44. The summed E-state index contributed by atoms with van der Waals surface area (Å²) >= 11 is 1.67. The molecule has 30 heavy (non-hydrogen) atoms. The van der Waals surface area contributed by atoms with Crippen LogP contribution < -0.4 is 10.2 Å². The molecule has 4 aliphatic heterocycles. The Morgan fingerprint density at radius 1 is 1.03 bits per heavy atom. The van der Waals surface area contributed by atoms with Crippen molar-refractivity contribution in [2.45, 2.75) is 28.7 Å². The van der Waals surface area contributed by atoms with Gasteiger partial charge in [-0.25, -0.2) is 0 Å². The number of morpholine rings is 1. The second-order valence-corrected chi connectivity index (χ2v) is 9.47. The average Bonchev–Trinajstić information content (AvgIpc) is 2.81. The third-order valence-electron chi connectivity index (χ3n) is 6.40. The molecule has 7 heteroatoms. The number of fused-ring (bicyclic) bond motifs is 3. The molecule has 4 aliphatic rings. The monoisotopic (exact) mass is 424 g/mol. The van der Waals surface area contributed by atoms with Gasteiger partial charge in [0, 0.05) is 47.2 Å². The molecule has 0 unspecified atom stereocenters. The van der Waals surface area contributed by atoms with E-state index in [0.29, 0.717) is 12.0 Å². The topological polar surface area (TPSA) is 57.7 Å². The maximum atomic E-state index is 12.7. The van der Waals surface area contributed by atoms with Gasteiger partial charge >= 0.3 is 0 Å². The molecule has 0 aliphatic carbocycles. The number of hydrogen-bond donors (Lipinski definition) is 1. The van der Waals surface area contributed by atoms with Crippen LogP contribution in [0.3, 0.4) is 0 Å². The minimum Gasteiger partial charge on any atom is -0.378 e. The number of aromatic nitrogens is 1. The Balaban J connectivity index is 1.20. The highest BCUT2D eigenvalue weighted by molar-refractivity contribution is 7.99. The smallest absolute Gasteiger partial charge is 0.251 e. The van der Waals surface area contributed by atoms with Gasteiger partial charge in [0.05, 0.1) is 25.1 Å². The van der Waals surface area contributed by atoms with Gasteiger partial charge in [-0.1, -0.05) is 11.8 Å². The summed E-state index contributed by atoms with van der Waals surface area (Å²) in [5, 5.41) is 3.27. The standard InChI is InChI=1S/C23H28N4O2S/c28-23(25-22-16-26-7-5-17(22)6-8-26)18-1-3-20(4-2-18)30-21-13-19(14-24-15-21)27-9-11-29-12-10-27/h1-4,13-15,17,22H,5-12,16H2,(H,25,28)/t22-/m0/s1. The Morgan fingerprint density at radius 3 is 2.50 bits per heavy atom. The normalized spacial score (nSPS) is 25.9. The molecule has 0 saturated carbocycles. The van der Waals surface area contributed by atoms with E-state index in [-0.39, 0.29) is 5.91 Å². The minimum absolute atomic E-state index is 0.0429. The molecule has 4 saturated heterocycles. The number of piperidine rings is 3. The first-order chi connectivity index (χ1) is 14.7. The Hall–Kier alpha value is -2.09. The van der Waals surface area contributed by atoms with Crippen LogP contribution in [0.5, 0.6) is 0 Å². The van der Waals surface area contributed by atoms with E-state index in [1.54, 1.807) is 11.8 Å². The van der Waals surface area contributed by atoms with Crippen molar-refractivity contribution in [3.63, 3.8) is 0 Å². The number of anilines is 1. The first-order valence-electron chi connectivity index (χ1n) is 10.8. The van der Waals surface area contributed by atoms with Gasteiger partial charge in [-0.15, -0.1) is 0 Å². The molecule has 4 fully saturated rings. The fraction of sp³-hybridized carbons (Fsp3) is 0.478. The molecular formula is C23H28N4O2S. The van der Waals surface area contributed by atoms with E-state index in [4.69, 9.17) is 4.74 Å². The summed E-state index contributed by atoms with van der Waals surface area (Å²) in [6.07, 6.45) is 6.22. The van der Waals surface area contributed by atoms with E-state index in [2.05, 4.69) is 26.2 Å². The third kappa shape index (κ3) is 4.48. The second-order valence-electron chi connectivity index (χ2n) is 8.32. The molecule has 1 aromatic carbocycles. The number of carbonyl (C=O) groups excluding carboxylic acids is 1. The maximum absolute atomic E-state index is 12.7. The minimum atomic E-state index is 0.0429. The number of hydrogen-bond acceptors (Lipinski definition) is 6. The maximum Gasteiger partial charge on any atom is 0.251 e. The van der Waals surface area contributed by atoms with E-state index in [1.165, 1.54) is 25.9 Å². The lowest BCUT2D eigenvalue weighted by molar-refractivity contribution is 0.0620. The summed E-state index contributed by atoms with van der Waals surface area (Å²) in [6.45, 7) is 6.70. The molecule has 1 atom stereocenters. The van der Waals surface area contributed by atoms with Gasteiger partial charge in [-0.05, 0) is 62.2 Å². The molecular weight excluding hydrogens is 396 g/mol. The van der Waals surface area contributed by atoms with Crippen LogP contribution >= 0.6 is 11.8 Å². The second kappa shape index (κ2) is 8.96. The fourth-order valence-corrected chi connectivity index (χ4v) is 5.49. The first kappa shape index (κ1) is 19.8. The number of benzene rings is 1. The van der Waals surface area contributed by atoms with Crippen LogP contribution in [0.4, 0.5) is 5.69 Å². The van der Waals surface area contributed by atoms with Crippen LogP contribution in [0.1, 0.15) is 23.2 Å². The molecule has 5 heterocycles. The van der Waals surface area contributed by atoms with Crippen molar-refractivity contribution in [3.8, 4) is 0 Å². The predicted octanol–water partition coefficient (Wildman–Crippen LogP) is 2.89. The summed E-state index contributed by atoms with van der Waals surface area (Å²) in [5.41, 5.74) is 1.87. The number of ether oxygens (including phenoxy) is 1. The highest BCUT2D eigenvalue weighted by Gasteiger charge is 2.34. The van der Waals surface area contributed by atoms with E-state index in [1.807, 2.05) is 36.7 Å². The Labute approximate surface area is 182 Å². The van der Waals surface area contributed by atoms with Crippen molar-refractivity contribution in [3.05, 3.63) is 48.3 Å². The van der Waals surface area contributed by atoms with E-state index in [0.717, 1.165) is 53.9 Å². The SMILES string of the molecule is O=C(N[C@H]1CN2CCC1CC2)c1ccc(Sc2cncc(N3CCOCC3)c2)cc1. The van der Waals surface area contributed by atoms with Crippen LogP contribution in [0.2, 0.25) is 0 Å². The molecule has 0 spiro atoms. The Morgan fingerprint density at radius 2 is 1.80 bits per heavy atom. The number of carbonyl (C=O) groups is 1. The summed E-state index contributed by atoms with van der Waals surface area (Å²) in [7, 11) is 0. The molecule has 2 aromatic rings. The molecule has 2 bridgehead atoms. The molecule has 6 nitrogen and oxygen atoms in total. The summed E-state index contributed by atoms with van der Waals surface area (Å²) in [5.74, 6) is 0.682. The van der Waals surface area contributed by atoms with Crippen molar-refractivity contribution < 1.29 is 9.53 Å². The van der Waals surface area contributed by atoms with E-state index in [9.17, 15) is 4.79 Å². The van der Waals surface area contributed by atoms with Crippen LogP contribution in [-0.4, -0.2) is 67.8 Å². The zero-order valence-electron chi connectivity index (χ0n) is 17.1. The molecule has 6 rings (SSSR count). The third-order valence-corrected chi connectivity index (χ3v) is 7.37. The van der Waals surface area contributed by atoms with E-state index < -0.39 is 0 Å². The van der Waals surface area contributed by atoms with E-state index >= 15 is 0 Å². The van der Waals surface area contributed by atoms with Gasteiger partial charge in [0.25, 0.3) is 5.91 Å². The lowest BCUT2D eigenvalue weighted by atomic mass is 9.84. The lowest BCUT2D eigenvalue weighted by Crippen LogP contribution is -2.57. The number of nitrogens with zero attached hydrogens (tertiary/aromatic N) is 3. The van der Waals surface area contributed by atoms with Crippen LogP contribution in [0.25, 0.3) is 0 Å². The van der Waals surface area contributed by atoms with Crippen LogP contribution in [0.15, 0.2) is 52.5 Å². The van der Waals surface area contributed by atoms with Crippen molar-refractivity contribution in [1.82, 2.24) is 15.2 Å². The summed E-state index contributed by atoms with van der Waals surface area (Å²) in [4.78, 5) is 24.1. The molecule has 1 amide bonds. The zero-order valence-corrected chi connectivity index (χ0v) is 17.9. The van der Waals surface area contributed by atoms with Gasteiger partial charge in [-0.2, -0.15) is 0 Å². The highest BCUT2D eigenvalue weighted by atomic mass is 32.2. The number of nitrogens with one attached hydrogen (secondary N) is 1. The fourth-order valence-electron chi connectivity index (χ4n) is 4.65. The molecule has 158 valence electrons. The average molecular weight is 425 g/mol. The van der Waals surface area contributed by atoms with Crippen molar-refractivity contribution in [2.75, 3.05) is 50.8 Å². The summed E-state index contributed by atoms with van der Waals surface area (Å²) in [6, 6.07) is 10.4. The Kier molecular flexibility index (Phi) is 5.93. The number of pyridine rings is 1. The first-order valence-corrected chi connectivity index (χ1v) is 11.7. The molecule has 1 N–H and O–H groups in total. The van der Waals surface area contributed by atoms with Gasteiger partial charge < -0.3 is 19.9 Å². The molecule has 0 radical (unpaired) electrons. The van der Waals surface area contributed by atoms with Crippen molar-refractivity contribution >= 4 is 23.4 Å². The highest BCUT2D eigenvalue weighted by Crippen LogP contribution is 2.31. The van der Waals surface area contributed by atoms with Gasteiger partial charge in [0.1, 0.15) is 0 Å². The van der Waals surface area contributed by atoms with Crippen LogP contribution in [0, 0.1) is 5.92 Å². The predicted molar refractivity (Wildman–Crippen MR) is 118 cm³/mol. The number of rotatable bonds is 5. The van der Waals surface area contributed by atoms with Crippen molar-refractivity contribution in [1.29, 1.82) is 0 Å². The lowest BCUT2D eigenvalue weighted by Gasteiger charge is -2.44. The van der Waals surface area contributed by atoms with Crippen molar-refractivity contribution in [2.24, 2.45) is 5.92 Å². The molecule has 1 aromatic heterocycles. The van der Waals surface area contributed by atoms with Gasteiger partial charge in [-0.3, -0.25) is 9.78 Å². The number of amides is 1. The van der Waals surface area contributed by atoms with Gasteiger partial charge in [0.15, 0.2) is 0 Å². The quantitative estimate of drug-likeness (QED) is 0.797. The zero-order chi connectivity index (χ0) is 20.3.